The van der Waals surface area contributed by atoms with E-state index in [1.165, 1.54) is 6.26 Å². The van der Waals surface area contributed by atoms with Crippen molar-refractivity contribution in [1.29, 1.82) is 0 Å². The zero-order valence-electron chi connectivity index (χ0n) is 17.2. The molecule has 0 radical (unpaired) electrons. The summed E-state index contributed by atoms with van der Waals surface area (Å²) in [7, 11) is 0. The van der Waals surface area contributed by atoms with Crippen molar-refractivity contribution < 1.29 is 14.0 Å². The number of hydrogen-bond acceptors (Lipinski definition) is 5. The molecule has 1 unspecified atom stereocenters. The van der Waals surface area contributed by atoms with Crippen LogP contribution in [0.5, 0.6) is 0 Å². The van der Waals surface area contributed by atoms with Crippen LogP contribution in [0.2, 0.25) is 0 Å². The van der Waals surface area contributed by atoms with Gasteiger partial charge in [-0.25, -0.2) is 9.67 Å². The maximum Gasteiger partial charge on any atom is 0.290 e. The van der Waals surface area contributed by atoms with Gasteiger partial charge in [0.1, 0.15) is 6.04 Å². The maximum atomic E-state index is 13.3. The first kappa shape index (κ1) is 19.7. The number of benzene rings is 1. The fourth-order valence-electron chi connectivity index (χ4n) is 3.98. The molecule has 1 N–H and O–H groups in total. The minimum Gasteiger partial charge on any atom is -0.459 e. The molecule has 8 nitrogen and oxygen atoms in total. The predicted octanol–water partition coefficient (Wildman–Crippen LogP) is 2.74. The molecule has 1 aliphatic rings. The van der Waals surface area contributed by atoms with Crippen LogP contribution in [0.15, 0.2) is 83.9 Å². The quantitative estimate of drug-likeness (QED) is 0.529. The summed E-state index contributed by atoms with van der Waals surface area (Å²) in [6.07, 6.45) is 7.06. The zero-order valence-corrected chi connectivity index (χ0v) is 17.2. The van der Waals surface area contributed by atoms with Gasteiger partial charge in [0.05, 0.1) is 6.26 Å². The number of nitrogens with one attached hydrogen (secondary N) is 1. The highest BCUT2D eigenvalue weighted by molar-refractivity contribution is 5.96. The minimum absolute atomic E-state index is 0.218. The number of hydrogen-bond donors (Lipinski definition) is 1. The lowest BCUT2D eigenvalue weighted by molar-refractivity contribution is -0.126. The van der Waals surface area contributed by atoms with Crippen molar-refractivity contribution in [3.05, 3.63) is 102 Å². The Labute approximate surface area is 184 Å². The molecular weight excluding hydrogens is 406 g/mol. The first-order valence-corrected chi connectivity index (χ1v) is 10.3. The van der Waals surface area contributed by atoms with Crippen LogP contribution in [0.1, 0.15) is 27.2 Å². The van der Waals surface area contributed by atoms with Gasteiger partial charge in [0.15, 0.2) is 11.6 Å². The second kappa shape index (κ2) is 8.50. The third kappa shape index (κ3) is 3.78. The summed E-state index contributed by atoms with van der Waals surface area (Å²) < 4.78 is 6.97. The first-order chi connectivity index (χ1) is 15.7. The Bertz CT molecular complexity index is 1230. The van der Waals surface area contributed by atoms with E-state index >= 15 is 0 Å². The van der Waals surface area contributed by atoms with Crippen molar-refractivity contribution in [2.75, 3.05) is 0 Å². The highest BCUT2D eigenvalue weighted by Crippen LogP contribution is 2.25. The number of furan rings is 1. The van der Waals surface area contributed by atoms with E-state index in [-0.39, 0.29) is 24.1 Å². The largest absolute Gasteiger partial charge is 0.459 e. The minimum atomic E-state index is -0.646. The van der Waals surface area contributed by atoms with Crippen molar-refractivity contribution in [3.8, 4) is 5.82 Å². The van der Waals surface area contributed by atoms with Gasteiger partial charge < -0.3 is 14.6 Å². The molecule has 0 fully saturated rings. The van der Waals surface area contributed by atoms with Gasteiger partial charge in [-0.1, -0.05) is 30.3 Å². The van der Waals surface area contributed by atoms with Crippen molar-refractivity contribution >= 4 is 11.8 Å². The van der Waals surface area contributed by atoms with Crippen LogP contribution in [0.4, 0.5) is 0 Å². The molecule has 4 heterocycles. The van der Waals surface area contributed by atoms with Crippen molar-refractivity contribution in [1.82, 2.24) is 25.0 Å². The summed E-state index contributed by atoms with van der Waals surface area (Å²) in [5.41, 5.74) is 2.92. The fourth-order valence-corrected chi connectivity index (χ4v) is 3.98. The van der Waals surface area contributed by atoms with Crippen LogP contribution in [-0.2, 0) is 24.3 Å². The lowest BCUT2D eigenvalue weighted by atomic mass is 9.93. The maximum absolute atomic E-state index is 13.3. The molecule has 160 valence electrons. The van der Waals surface area contributed by atoms with Gasteiger partial charge in [-0.15, -0.1) is 0 Å². The Morgan fingerprint density at radius 3 is 2.69 bits per heavy atom. The predicted molar refractivity (Wildman–Crippen MR) is 116 cm³/mol. The number of amides is 2. The van der Waals surface area contributed by atoms with Crippen LogP contribution >= 0.6 is 0 Å². The van der Waals surface area contributed by atoms with Crippen molar-refractivity contribution in [2.24, 2.45) is 0 Å². The second-order valence-corrected chi connectivity index (χ2v) is 7.55. The van der Waals surface area contributed by atoms with E-state index < -0.39 is 6.04 Å². The summed E-state index contributed by atoms with van der Waals surface area (Å²) in [5, 5.41) is 7.22. The lowest BCUT2D eigenvalue weighted by Crippen LogP contribution is -2.52. The molecule has 8 heteroatoms. The Balaban J connectivity index is 1.38. The Morgan fingerprint density at radius 1 is 1.03 bits per heavy atom. The topological polar surface area (TPSA) is 93.3 Å². The normalized spacial score (nSPS) is 15.2. The Hall–Kier alpha value is -4.20. The van der Waals surface area contributed by atoms with Gasteiger partial charge in [-0.2, -0.15) is 5.10 Å². The molecule has 0 bridgehead atoms. The van der Waals surface area contributed by atoms with Crippen LogP contribution in [-0.4, -0.2) is 37.5 Å². The van der Waals surface area contributed by atoms with E-state index in [0.29, 0.717) is 18.8 Å². The zero-order chi connectivity index (χ0) is 21.9. The number of nitrogens with zero attached hydrogens (tertiary/aromatic N) is 4. The summed E-state index contributed by atoms with van der Waals surface area (Å²) in [5.74, 6) is 0.337. The molecular formula is C24H21N5O3. The van der Waals surface area contributed by atoms with E-state index in [1.807, 2.05) is 42.5 Å². The average Bonchev–Trinajstić information content (AvgIpc) is 3.56. The monoisotopic (exact) mass is 427 g/mol. The van der Waals surface area contributed by atoms with Gasteiger partial charge in [0.25, 0.3) is 5.91 Å². The third-order valence-electron chi connectivity index (χ3n) is 5.59. The van der Waals surface area contributed by atoms with Crippen LogP contribution < -0.4 is 5.32 Å². The fraction of sp³-hybridized carbons (Fsp3) is 0.167. The van der Waals surface area contributed by atoms with Crippen LogP contribution in [0.25, 0.3) is 5.82 Å². The molecule has 1 atom stereocenters. The standard InChI is InChI=1S/C24H21N5O3/c30-23(26-15-18-8-3-10-25-22(18)29-12-5-11-27-29)20-14-17-6-1-2-7-19(17)16-28(20)24(31)21-9-4-13-32-21/h1-13,20H,14-16H2,(H,26,30). The van der Waals surface area contributed by atoms with Gasteiger partial charge in [-0.3, -0.25) is 9.59 Å². The number of fused-ring (bicyclic) bond motifs is 1. The van der Waals surface area contributed by atoms with Gasteiger partial charge in [-0.05, 0) is 35.4 Å². The number of rotatable bonds is 5. The lowest BCUT2D eigenvalue weighted by Gasteiger charge is -2.35. The van der Waals surface area contributed by atoms with Gasteiger partial charge >= 0.3 is 0 Å². The second-order valence-electron chi connectivity index (χ2n) is 7.55. The summed E-state index contributed by atoms with van der Waals surface area (Å²) in [4.78, 5) is 32.4. The van der Waals surface area contributed by atoms with E-state index in [1.54, 1.807) is 40.3 Å². The first-order valence-electron chi connectivity index (χ1n) is 10.3. The molecule has 3 aromatic heterocycles. The molecule has 0 saturated heterocycles. The van der Waals surface area contributed by atoms with Gasteiger partial charge in [0.2, 0.25) is 5.91 Å². The van der Waals surface area contributed by atoms with Gasteiger partial charge in [0, 0.05) is 43.7 Å². The van der Waals surface area contributed by atoms with E-state index in [0.717, 1.165) is 16.7 Å². The highest BCUT2D eigenvalue weighted by atomic mass is 16.3. The molecule has 5 rings (SSSR count). The smallest absolute Gasteiger partial charge is 0.290 e. The molecule has 0 spiro atoms. The number of carbonyl (C=O) groups is 2. The Kier molecular flexibility index (Phi) is 5.25. The highest BCUT2D eigenvalue weighted by Gasteiger charge is 2.35. The van der Waals surface area contributed by atoms with Crippen molar-refractivity contribution in [2.45, 2.75) is 25.6 Å². The average molecular weight is 427 g/mol. The Morgan fingerprint density at radius 2 is 1.91 bits per heavy atom. The SMILES string of the molecule is O=C(NCc1cccnc1-n1cccn1)C1Cc2ccccc2CN1C(=O)c1ccco1. The summed E-state index contributed by atoms with van der Waals surface area (Å²) >= 11 is 0. The summed E-state index contributed by atoms with van der Waals surface area (Å²) in [6, 6.07) is 16.0. The van der Waals surface area contributed by atoms with Crippen LogP contribution in [0.3, 0.4) is 0 Å². The molecule has 2 amide bonds. The molecule has 32 heavy (non-hydrogen) atoms. The molecule has 1 aromatic carbocycles. The van der Waals surface area contributed by atoms with E-state index in [2.05, 4.69) is 15.4 Å². The number of aromatic nitrogens is 3. The summed E-state index contributed by atoms with van der Waals surface area (Å²) in [6.45, 7) is 0.613. The molecule has 0 aliphatic carbocycles. The molecule has 0 saturated carbocycles. The van der Waals surface area contributed by atoms with E-state index in [4.69, 9.17) is 4.42 Å². The number of carbonyl (C=O) groups excluding carboxylic acids is 2. The van der Waals surface area contributed by atoms with Crippen LogP contribution in [0, 0.1) is 0 Å². The van der Waals surface area contributed by atoms with Crippen molar-refractivity contribution in [3.63, 3.8) is 0 Å². The molecule has 4 aromatic rings. The number of pyridine rings is 1. The molecule has 1 aliphatic heterocycles. The van der Waals surface area contributed by atoms with E-state index in [9.17, 15) is 9.59 Å². The third-order valence-corrected chi connectivity index (χ3v) is 5.59.